The summed E-state index contributed by atoms with van der Waals surface area (Å²) in [5.74, 6) is -1.07. The van der Waals surface area contributed by atoms with Crippen LogP contribution in [0.15, 0.2) is 54.6 Å². The van der Waals surface area contributed by atoms with Crippen molar-refractivity contribution >= 4 is 17.8 Å². The molecule has 0 saturated heterocycles. The number of carbonyl (C=O) groups excluding carboxylic acids is 2. The standard InChI is InChI=1S/C17H14O4.Na/c1-21-16-9-5-4-8-14(16)15(18)11-10-12-6-2-3-7-13(12)17(19)20;/h2-11H,1H3,(H,19,20);/q;+1/p-1. The molecule has 0 aliphatic carbocycles. The molecule has 0 heterocycles. The predicted molar refractivity (Wildman–Crippen MR) is 77.1 cm³/mol. The third-order valence-corrected chi connectivity index (χ3v) is 2.97. The van der Waals surface area contributed by atoms with Crippen molar-refractivity contribution in [2.24, 2.45) is 0 Å². The number of para-hydroxylation sites is 1. The summed E-state index contributed by atoms with van der Waals surface area (Å²) in [6.07, 6.45) is 2.78. The number of benzene rings is 2. The molecule has 0 aromatic heterocycles. The van der Waals surface area contributed by atoms with E-state index in [1.807, 2.05) is 0 Å². The van der Waals surface area contributed by atoms with Crippen LogP contribution in [0, 0.1) is 0 Å². The van der Waals surface area contributed by atoms with E-state index >= 15 is 0 Å². The van der Waals surface area contributed by atoms with Gasteiger partial charge in [-0.05, 0) is 23.8 Å². The molecule has 0 aliphatic rings. The molecule has 0 bridgehead atoms. The molecule has 0 spiro atoms. The first-order valence-corrected chi connectivity index (χ1v) is 6.29. The minimum atomic E-state index is -1.28. The molecule has 4 nitrogen and oxygen atoms in total. The summed E-state index contributed by atoms with van der Waals surface area (Å²) in [5, 5.41) is 11.0. The predicted octanol–water partition coefficient (Wildman–Crippen LogP) is -1.04. The van der Waals surface area contributed by atoms with Crippen molar-refractivity contribution in [3.05, 3.63) is 71.3 Å². The van der Waals surface area contributed by atoms with Gasteiger partial charge in [-0.15, -0.1) is 0 Å². The zero-order valence-electron chi connectivity index (χ0n) is 12.4. The number of aromatic carboxylic acids is 1. The summed E-state index contributed by atoms with van der Waals surface area (Å²) in [4.78, 5) is 23.1. The van der Waals surface area contributed by atoms with E-state index in [1.54, 1.807) is 42.5 Å². The molecule has 0 amide bonds. The first kappa shape index (κ1) is 18.2. The zero-order chi connectivity index (χ0) is 15.2. The molecule has 2 aromatic rings. The summed E-state index contributed by atoms with van der Waals surface area (Å²) < 4.78 is 5.12. The largest absolute Gasteiger partial charge is 1.00 e. The SMILES string of the molecule is COc1ccccc1C(=O)C=Cc1ccccc1C(=O)[O-].[Na+]. The van der Waals surface area contributed by atoms with Crippen LogP contribution in [0.5, 0.6) is 5.75 Å². The van der Waals surface area contributed by atoms with Crippen molar-refractivity contribution in [2.75, 3.05) is 7.11 Å². The van der Waals surface area contributed by atoms with E-state index in [1.165, 1.54) is 25.3 Å². The van der Waals surface area contributed by atoms with E-state index in [0.717, 1.165) is 0 Å². The summed E-state index contributed by atoms with van der Waals surface area (Å²) in [7, 11) is 1.49. The second-order valence-electron chi connectivity index (χ2n) is 4.27. The van der Waals surface area contributed by atoms with Crippen molar-refractivity contribution < 1.29 is 49.0 Å². The summed E-state index contributed by atoms with van der Waals surface area (Å²) in [6.45, 7) is 0. The van der Waals surface area contributed by atoms with Gasteiger partial charge in [-0.3, -0.25) is 4.79 Å². The van der Waals surface area contributed by atoms with E-state index in [4.69, 9.17) is 4.74 Å². The van der Waals surface area contributed by atoms with Gasteiger partial charge in [-0.2, -0.15) is 0 Å². The number of carbonyl (C=O) groups is 2. The fourth-order valence-electron chi connectivity index (χ4n) is 1.93. The number of carboxylic acid groups (broad SMARTS) is 1. The van der Waals surface area contributed by atoms with Gasteiger partial charge < -0.3 is 14.6 Å². The number of allylic oxidation sites excluding steroid dienone is 1. The Balaban J connectivity index is 0.00000242. The maximum atomic E-state index is 12.1. The summed E-state index contributed by atoms with van der Waals surface area (Å²) in [5.41, 5.74) is 0.879. The van der Waals surface area contributed by atoms with Crippen LogP contribution in [-0.4, -0.2) is 18.9 Å². The monoisotopic (exact) mass is 304 g/mol. The Morgan fingerprint density at radius 1 is 1.00 bits per heavy atom. The Kier molecular flexibility index (Phi) is 7.05. The average molecular weight is 304 g/mol. The quantitative estimate of drug-likeness (QED) is 0.402. The average Bonchev–Trinajstić information content (AvgIpc) is 2.52. The first-order chi connectivity index (χ1) is 10.1. The maximum Gasteiger partial charge on any atom is 1.00 e. The number of hydrogen-bond acceptors (Lipinski definition) is 4. The van der Waals surface area contributed by atoms with Gasteiger partial charge in [0.25, 0.3) is 0 Å². The minimum absolute atomic E-state index is 0. The van der Waals surface area contributed by atoms with Crippen LogP contribution in [0.3, 0.4) is 0 Å². The molecule has 0 aliphatic heterocycles. The van der Waals surface area contributed by atoms with Crippen LogP contribution in [0.25, 0.3) is 6.08 Å². The Hall–Kier alpha value is -1.88. The molecule has 0 saturated carbocycles. The fraction of sp³-hybridized carbons (Fsp3) is 0.0588. The first-order valence-electron chi connectivity index (χ1n) is 6.29. The molecule has 5 heteroatoms. The van der Waals surface area contributed by atoms with Gasteiger partial charge in [0.15, 0.2) is 5.78 Å². The van der Waals surface area contributed by atoms with Gasteiger partial charge in [-0.1, -0.05) is 42.5 Å². The molecule has 0 fully saturated rings. The van der Waals surface area contributed by atoms with Crippen LogP contribution in [0.2, 0.25) is 0 Å². The zero-order valence-corrected chi connectivity index (χ0v) is 14.4. The third kappa shape index (κ3) is 4.31. The van der Waals surface area contributed by atoms with Crippen molar-refractivity contribution in [2.45, 2.75) is 0 Å². The Morgan fingerprint density at radius 3 is 2.23 bits per heavy atom. The van der Waals surface area contributed by atoms with E-state index in [9.17, 15) is 14.7 Å². The Morgan fingerprint density at radius 2 is 1.59 bits per heavy atom. The summed E-state index contributed by atoms with van der Waals surface area (Å²) >= 11 is 0. The van der Waals surface area contributed by atoms with Gasteiger partial charge in [0.1, 0.15) is 5.75 Å². The van der Waals surface area contributed by atoms with Crippen molar-refractivity contribution in [1.82, 2.24) is 0 Å². The van der Waals surface area contributed by atoms with Crippen LogP contribution in [-0.2, 0) is 0 Å². The Labute approximate surface area is 150 Å². The van der Waals surface area contributed by atoms with E-state index in [0.29, 0.717) is 16.9 Å². The molecule has 0 unspecified atom stereocenters. The van der Waals surface area contributed by atoms with Crippen molar-refractivity contribution in [3.8, 4) is 5.75 Å². The number of ketones is 1. The fourth-order valence-corrected chi connectivity index (χ4v) is 1.93. The molecular weight excluding hydrogens is 291 g/mol. The molecule has 106 valence electrons. The maximum absolute atomic E-state index is 12.1. The normalized spacial score (nSPS) is 10.0. The van der Waals surface area contributed by atoms with E-state index in [-0.39, 0.29) is 40.9 Å². The van der Waals surface area contributed by atoms with Crippen molar-refractivity contribution in [3.63, 3.8) is 0 Å². The smallest absolute Gasteiger partial charge is 0.545 e. The van der Waals surface area contributed by atoms with Crippen LogP contribution < -0.4 is 39.4 Å². The Bertz CT molecular complexity index is 707. The molecule has 0 radical (unpaired) electrons. The van der Waals surface area contributed by atoms with Gasteiger partial charge in [0.2, 0.25) is 0 Å². The van der Waals surface area contributed by atoms with Crippen molar-refractivity contribution in [1.29, 1.82) is 0 Å². The van der Waals surface area contributed by atoms with E-state index in [2.05, 4.69) is 0 Å². The second-order valence-corrected chi connectivity index (χ2v) is 4.27. The molecule has 22 heavy (non-hydrogen) atoms. The number of rotatable bonds is 5. The molecule has 2 aromatic carbocycles. The number of ether oxygens (including phenoxy) is 1. The van der Waals surface area contributed by atoms with Gasteiger partial charge >= 0.3 is 29.6 Å². The van der Waals surface area contributed by atoms with Crippen LogP contribution in [0.1, 0.15) is 26.3 Å². The number of hydrogen-bond donors (Lipinski definition) is 0. The van der Waals surface area contributed by atoms with Gasteiger partial charge in [-0.25, -0.2) is 0 Å². The number of methoxy groups -OCH3 is 1. The number of carboxylic acids is 1. The molecule has 0 atom stereocenters. The minimum Gasteiger partial charge on any atom is -0.545 e. The second kappa shape index (κ2) is 8.54. The topological polar surface area (TPSA) is 66.4 Å². The summed E-state index contributed by atoms with van der Waals surface area (Å²) in [6, 6.07) is 13.2. The van der Waals surface area contributed by atoms with Crippen LogP contribution in [0.4, 0.5) is 0 Å². The van der Waals surface area contributed by atoms with E-state index < -0.39 is 5.97 Å². The molecule has 0 N–H and O–H groups in total. The third-order valence-electron chi connectivity index (χ3n) is 2.97. The van der Waals surface area contributed by atoms with Gasteiger partial charge in [0, 0.05) is 5.56 Å². The van der Waals surface area contributed by atoms with Gasteiger partial charge in [0.05, 0.1) is 18.6 Å². The molecular formula is C17H13NaO4. The molecule has 2 rings (SSSR count). The van der Waals surface area contributed by atoms with Crippen LogP contribution >= 0.6 is 0 Å².